The summed E-state index contributed by atoms with van der Waals surface area (Å²) in [7, 11) is 6.45. The van der Waals surface area contributed by atoms with Gasteiger partial charge in [0.15, 0.2) is 11.5 Å². The first-order chi connectivity index (χ1) is 15.7. The lowest BCUT2D eigenvalue weighted by Crippen LogP contribution is -2.82. The molecule has 7 nitrogen and oxygen atoms in total. The Balaban J connectivity index is 1.77. The maximum absolute atomic E-state index is 13.6. The number of esters is 2. The van der Waals surface area contributed by atoms with E-state index in [0.29, 0.717) is 23.0 Å². The Labute approximate surface area is 197 Å². The largest absolute Gasteiger partial charge is 0.493 e. The Morgan fingerprint density at radius 1 is 1.18 bits per heavy atom. The van der Waals surface area contributed by atoms with Crippen molar-refractivity contribution in [3.8, 4) is 11.5 Å². The standard InChI is InChI=1S/C25H28ClNO6/c1-23-18-13(26)11-24(19(22(29)32-5)16(18)21(28)31-4)15-10-12-6-7-14(30-3)20(33-23)17(12)25(23,24)8-9-27(15)2/h6-7,11,15-16,18-19H,8-10H2,1-5H3/t15-,16+,18-,19-,23-,24-,25+/m1/s1. The normalized spacial score (nSPS) is 41.6. The van der Waals surface area contributed by atoms with Crippen molar-refractivity contribution in [2.45, 2.75) is 36.8 Å². The lowest BCUT2D eigenvalue weighted by molar-refractivity contribution is -0.227. The van der Waals surface area contributed by atoms with Crippen LogP contribution in [0.4, 0.5) is 0 Å². The third-order valence-corrected chi connectivity index (χ3v) is 9.86. The summed E-state index contributed by atoms with van der Waals surface area (Å²) >= 11 is 7.01. The predicted octanol–water partition coefficient (Wildman–Crippen LogP) is 2.68. The molecule has 8 heteroatoms. The number of likely N-dealkylation sites (tertiary alicyclic amines) is 1. The second-order valence-corrected chi connectivity index (χ2v) is 10.6. The molecule has 2 fully saturated rings. The molecule has 2 aliphatic heterocycles. The number of carbonyl (C=O) groups is 2. The zero-order chi connectivity index (χ0) is 23.5. The lowest BCUT2D eigenvalue weighted by atomic mass is 9.31. The molecule has 0 amide bonds. The summed E-state index contributed by atoms with van der Waals surface area (Å²) < 4.78 is 23.2. The minimum atomic E-state index is -0.853. The van der Waals surface area contributed by atoms with Crippen molar-refractivity contribution in [1.29, 1.82) is 0 Å². The number of nitrogens with zero attached hydrogens (tertiary/aromatic N) is 1. The highest BCUT2D eigenvalue weighted by Gasteiger charge is 2.85. The summed E-state index contributed by atoms with van der Waals surface area (Å²) in [5.41, 5.74) is 0.106. The smallest absolute Gasteiger partial charge is 0.310 e. The Bertz CT molecular complexity index is 1130. The Morgan fingerprint density at radius 3 is 2.58 bits per heavy atom. The van der Waals surface area contributed by atoms with Gasteiger partial charge in [0.1, 0.15) is 5.60 Å². The fraction of sp³-hybridized carbons (Fsp3) is 0.600. The average molecular weight is 474 g/mol. The van der Waals surface area contributed by atoms with Crippen LogP contribution in [0.15, 0.2) is 23.2 Å². The summed E-state index contributed by atoms with van der Waals surface area (Å²) in [6.45, 7) is 2.90. The molecule has 2 spiro atoms. The van der Waals surface area contributed by atoms with E-state index in [9.17, 15) is 9.59 Å². The lowest BCUT2D eigenvalue weighted by Gasteiger charge is -2.73. The van der Waals surface area contributed by atoms with Gasteiger partial charge >= 0.3 is 11.9 Å². The Hall–Kier alpha value is -2.25. The maximum atomic E-state index is 13.6. The van der Waals surface area contributed by atoms with E-state index in [4.69, 9.17) is 30.5 Å². The van der Waals surface area contributed by atoms with Crippen LogP contribution in [-0.4, -0.2) is 63.4 Å². The van der Waals surface area contributed by atoms with Gasteiger partial charge in [-0.2, -0.15) is 0 Å². The summed E-state index contributed by atoms with van der Waals surface area (Å²) in [6, 6.07) is 4.00. The summed E-state index contributed by atoms with van der Waals surface area (Å²) in [4.78, 5) is 29.2. The number of benzene rings is 1. The van der Waals surface area contributed by atoms with Crippen LogP contribution in [0.25, 0.3) is 0 Å². The zero-order valence-electron chi connectivity index (χ0n) is 19.4. The molecule has 0 aromatic heterocycles. The highest BCUT2D eigenvalue weighted by Crippen LogP contribution is 2.79. The van der Waals surface area contributed by atoms with Crippen molar-refractivity contribution in [1.82, 2.24) is 4.90 Å². The minimum absolute atomic E-state index is 0.0627. The van der Waals surface area contributed by atoms with Gasteiger partial charge in [0.25, 0.3) is 0 Å². The maximum Gasteiger partial charge on any atom is 0.310 e. The summed E-state index contributed by atoms with van der Waals surface area (Å²) in [6.07, 6.45) is 3.54. The van der Waals surface area contributed by atoms with E-state index >= 15 is 0 Å². The van der Waals surface area contributed by atoms with Gasteiger partial charge in [0, 0.05) is 28.0 Å². The van der Waals surface area contributed by atoms with Crippen LogP contribution in [-0.2, 0) is 30.9 Å². The number of fused-ring (bicyclic) bond motifs is 1. The second kappa shape index (κ2) is 6.45. The first kappa shape index (κ1) is 21.3. The van der Waals surface area contributed by atoms with Gasteiger partial charge in [-0.15, -0.1) is 0 Å². The third-order valence-electron chi connectivity index (χ3n) is 9.52. The van der Waals surface area contributed by atoms with Crippen molar-refractivity contribution in [3.63, 3.8) is 0 Å². The van der Waals surface area contributed by atoms with Gasteiger partial charge in [-0.1, -0.05) is 23.7 Å². The van der Waals surface area contributed by atoms with Crippen LogP contribution >= 0.6 is 11.6 Å². The van der Waals surface area contributed by atoms with Gasteiger partial charge in [0.05, 0.1) is 38.6 Å². The average Bonchev–Trinajstić information content (AvgIpc) is 3.08. The van der Waals surface area contributed by atoms with Crippen LogP contribution in [0, 0.1) is 23.2 Å². The quantitative estimate of drug-likeness (QED) is 0.625. The molecule has 176 valence electrons. The first-order valence-corrected chi connectivity index (χ1v) is 11.7. The highest BCUT2D eigenvalue weighted by atomic mass is 35.5. The summed E-state index contributed by atoms with van der Waals surface area (Å²) in [5.74, 6) is -1.60. The topological polar surface area (TPSA) is 74.3 Å². The summed E-state index contributed by atoms with van der Waals surface area (Å²) in [5, 5.41) is 0.555. The van der Waals surface area contributed by atoms with Gasteiger partial charge in [0.2, 0.25) is 0 Å². The molecule has 7 atom stereocenters. The molecule has 4 bridgehead atoms. The van der Waals surface area contributed by atoms with Gasteiger partial charge < -0.3 is 23.8 Å². The monoisotopic (exact) mass is 473 g/mol. The van der Waals surface area contributed by atoms with E-state index in [1.807, 2.05) is 6.07 Å². The SMILES string of the molecule is COC(=O)[C@H]1[C@H]2C(Cl)=C[C@]3([C@H]1C(=O)OC)[C@H]1Cc4ccc(OC)c5c4[C@@]3(CCN1C)[C@]2(C)O5. The molecule has 1 saturated carbocycles. The van der Waals surface area contributed by atoms with Crippen molar-refractivity contribution in [3.05, 3.63) is 34.4 Å². The number of piperidine rings is 1. The number of carbonyl (C=O) groups excluding carboxylic acids is 2. The molecule has 0 N–H and O–H groups in total. The number of hydrogen-bond donors (Lipinski definition) is 0. The van der Waals surface area contributed by atoms with E-state index < -0.39 is 46.1 Å². The first-order valence-electron chi connectivity index (χ1n) is 11.4. The Kier molecular flexibility index (Phi) is 4.16. The molecular weight excluding hydrogens is 446 g/mol. The van der Waals surface area contributed by atoms with Crippen LogP contribution in [0.5, 0.6) is 11.5 Å². The number of rotatable bonds is 3. The van der Waals surface area contributed by atoms with E-state index in [0.717, 1.165) is 18.5 Å². The van der Waals surface area contributed by atoms with Crippen LogP contribution in [0.2, 0.25) is 0 Å². The van der Waals surface area contributed by atoms with Gasteiger partial charge in [-0.3, -0.25) is 9.59 Å². The molecule has 1 saturated heterocycles. The molecule has 0 radical (unpaired) electrons. The van der Waals surface area contributed by atoms with E-state index in [2.05, 4.69) is 31.0 Å². The number of halogens is 1. The van der Waals surface area contributed by atoms with Crippen molar-refractivity contribution in [2.24, 2.45) is 23.2 Å². The fourth-order valence-electron chi connectivity index (χ4n) is 8.54. The number of likely N-dealkylation sites (N-methyl/N-ethyl adjacent to an activating group) is 1. The zero-order valence-corrected chi connectivity index (χ0v) is 20.2. The molecule has 1 aromatic rings. The molecular formula is C25H28ClNO6. The molecule has 2 heterocycles. The van der Waals surface area contributed by atoms with Crippen LogP contribution < -0.4 is 9.47 Å². The van der Waals surface area contributed by atoms with Gasteiger partial charge in [-0.25, -0.2) is 0 Å². The molecule has 1 aromatic carbocycles. The van der Waals surface area contributed by atoms with E-state index in [1.165, 1.54) is 19.8 Å². The van der Waals surface area contributed by atoms with Crippen molar-refractivity contribution in [2.75, 3.05) is 34.9 Å². The van der Waals surface area contributed by atoms with Crippen LogP contribution in [0.3, 0.4) is 0 Å². The molecule has 0 unspecified atom stereocenters. The fourth-order valence-corrected chi connectivity index (χ4v) is 9.07. The van der Waals surface area contributed by atoms with Gasteiger partial charge in [-0.05, 0) is 45.0 Å². The molecule has 7 rings (SSSR count). The van der Waals surface area contributed by atoms with Crippen molar-refractivity contribution >= 4 is 23.5 Å². The van der Waals surface area contributed by atoms with E-state index in [1.54, 1.807) is 7.11 Å². The Morgan fingerprint density at radius 2 is 1.91 bits per heavy atom. The third kappa shape index (κ3) is 2.01. The van der Waals surface area contributed by atoms with E-state index in [-0.39, 0.29) is 6.04 Å². The minimum Gasteiger partial charge on any atom is -0.493 e. The number of ether oxygens (including phenoxy) is 4. The van der Waals surface area contributed by atoms with Crippen molar-refractivity contribution < 1.29 is 28.5 Å². The molecule has 33 heavy (non-hydrogen) atoms. The molecule has 6 aliphatic rings. The number of methoxy groups -OCH3 is 3. The second-order valence-electron chi connectivity index (χ2n) is 10.2. The van der Waals surface area contributed by atoms with Crippen LogP contribution in [0.1, 0.15) is 24.5 Å². The highest BCUT2D eigenvalue weighted by molar-refractivity contribution is 6.30. The predicted molar refractivity (Wildman–Crippen MR) is 119 cm³/mol. The molecule has 4 aliphatic carbocycles. The number of hydrogen-bond acceptors (Lipinski definition) is 7.